The van der Waals surface area contributed by atoms with Crippen molar-refractivity contribution in [2.45, 2.75) is 39.0 Å². The molecule has 0 radical (unpaired) electrons. The van der Waals surface area contributed by atoms with Gasteiger partial charge in [0.15, 0.2) is 0 Å². The lowest BCUT2D eigenvalue weighted by Crippen LogP contribution is -2.43. The summed E-state index contributed by atoms with van der Waals surface area (Å²) in [5, 5.41) is 8.77. The summed E-state index contributed by atoms with van der Waals surface area (Å²) >= 11 is 0. The zero-order valence-electron chi connectivity index (χ0n) is 19.4. The molecule has 0 unspecified atom stereocenters. The van der Waals surface area contributed by atoms with Crippen molar-refractivity contribution in [3.63, 3.8) is 0 Å². The number of para-hydroxylation sites is 2. The van der Waals surface area contributed by atoms with Gasteiger partial charge in [-0.1, -0.05) is 45.0 Å². The zero-order chi connectivity index (χ0) is 23.1. The van der Waals surface area contributed by atoms with Gasteiger partial charge in [-0.15, -0.1) is 0 Å². The maximum absolute atomic E-state index is 12.6. The van der Waals surface area contributed by atoms with Crippen molar-refractivity contribution in [3.05, 3.63) is 54.1 Å². The van der Waals surface area contributed by atoms with Crippen LogP contribution in [0.2, 0.25) is 0 Å². The van der Waals surface area contributed by atoms with Gasteiger partial charge in [-0.3, -0.25) is 0 Å². The van der Waals surface area contributed by atoms with Crippen molar-refractivity contribution in [1.82, 2.24) is 10.2 Å². The van der Waals surface area contributed by atoms with E-state index in [0.717, 1.165) is 18.5 Å². The summed E-state index contributed by atoms with van der Waals surface area (Å²) in [5.74, 6) is 0.985. The number of benzene rings is 2. The molecule has 32 heavy (non-hydrogen) atoms. The Hall–Kier alpha value is -3.22. The number of nitrogens with zero attached hydrogens (tertiary/aromatic N) is 1. The molecule has 0 aromatic heterocycles. The minimum atomic E-state index is -0.204. The first-order chi connectivity index (χ1) is 15.3. The lowest BCUT2D eigenvalue weighted by molar-refractivity contribution is 0.181. The van der Waals surface area contributed by atoms with Gasteiger partial charge in [0.05, 0.1) is 12.8 Å². The summed E-state index contributed by atoms with van der Waals surface area (Å²) in [5.41, 5.74) is 2.75. The third kappa shape index (κ3) is 6.39. The van der Waals surface area contributed by atoms with E-state index >= 15 is 0 Å². The van der Waals surface area contributed by atoms with Crippen molar-refractivity contribution >= 4 is 23.4 Å². The monoisotopic (exact) mass is 438 g/mol. The summed E-state index contributed by atoms with van der Waals surface area (Å²) in [6.45, 7) is 8.39. The molecule has 4 amide bonds. The topological polar surface area (TPSA) is 82.7 Å². The van der Waals surface area contributed by atoms with E-state index in [0.29, 0.717) is 37.0 Å². The largest absolute Gasteiger partial charge is 0.495 e. The number of amides is 4. The fourth-order valence-electron chi connectivity index (χ4n) is 3.75. The maximum Gasteiger partial charge on any atom is 0.321 e. The van der Waals surface area contributed by atoms with Crippen LogP contribution in [-0.4, -0.2) is 43.7 Å². The van der Waals surface area contributed by atoms with Gasteiger partial charge in [0.2, 0.25) is 0 Å². The number of carbonyl (C=O) groups is 2. The Morgan fingerprint density at radius 1 is 1.00 bits per heavy atom. The van der Waals surface area contributed by atoms with E-state index in [9.17, 15) is 9.59 Å². The normalized spacial score (nSPS) is 14.6. The first-order valence-corrected chi connectivity index (χ1v) is 11.1. The van der Waals surface area contributed by atoms with Gasteiger partial charge >= 0.3 is 12.1 Å². The molecule has 0 bridgehead atoms. The van der Waals surface area contributed by atoms with Crippen LogP contribution in [0.3, 0.4) is 0 Å². The summed E-state index contributed by atoms with van der Waals surface area (Å²) in [4.78, 5) is 26.6. The van der Waals surface area contributed by atoms with Gasteiger partial charge in [-0.05, 0) is 54.0 Å². The molecule has 2 aromatic rings. The molecule has 0 aliphatic carbocycles. The molecule has 1 aliphatic heterocycles. The zero-order valence-corrected chi connectivity index (χ0v) is 19.4. The smallest absolute Gasteiger partial charge is 0.321 e. The van der Waals surface area contributed by atoms with E-state index in [-0.39, 0.29) is 17.5 Å². The van der Waals surface area contributed by atoms with Crippen LogP contribution >= 0.6 is 0 Å². The lowest BCUT2D eigenvalue weighted by Gasteiger charge is -2.32. The number of urea groups is 2. The Morgan fingerprint density at radius 3 is 2.28 bits per heavy atom. The second kappa shape index (κ2) is 10.4. The number of anilines is 2. The van der Waals surface area contributed by atoms with Crippen molar-refractivity contribution in [1.29, 1.82) is 0 Å². The minimum absolute atomic E-state index is 0.0831. The van der Waals surface area contributed by atoms with E-state index in [1.54, 1.807) is 12.0 Å². The van der Waals surface area contributed by atoms with Crippen LogP contribution in [0.5, 0.6) is 5.75 Å². The van der Waals surface area contributed by atoms with Crippen LogP contribution in [0, 0.1) is 5.92 Å². The molecule has 0 atom stereocenters. The first-order valence-electron chi connectivity index (χ1n) is 11.1. The van der Waals surface area contributed by atoms with Gasteiger partial charge in [0, 0.05) is 25.3 Å². The van der Waals surface area contributed by atoms with Gasteiger partial charge in [0.1, 0.15) is 5.75 Å². The Morgan fingerprint density at radius 2 is 1.66 bits per heavy atom. The molecule has 172 valence electrons. The average molecular weight is 439 g/mol. The number of carbonyl (C=O) groups excluding carboxylic acids is 2. The standard InChI is InChI=1S/C25H34N4O3/c1-25(2,3)19-9-11-20(12-10-19)27-23(30)26-17-18-13-15-29(16-14-18)24(31)28-21-7-5-6-8-22(21)32-4/h5-12,18H,13-17H2,1-4H3,(H,28,31)(H2,26,27,30). The van der Waals surface area contributed by atoms with Crippen LogP contribution in [-0.2, 0) is 5.41 Å². The van der Waals surface area contributed by atoms with Crippen LogP contribution in [0.25, 0.3) is 0 Å². The minimum Gasteiger partial charge on any atom is -0.495 e. The molecular weight excluding hydrogens is 404 g/mol. The Labute approximate surface area is 190 Å². The van der Waals surface area contributed by atoms with Crippen molar-refractivity contribution < 1.29 is 14.3 Å². The molecule has 1 heterocycles. The highest BCUT2D eigenvalue weighted by Gasteiger charge is 2.23. The molecule has 0 saturated carbocycles. The SMILES string of the molecule is COc1ccccc1NC(=O)N1CCC(CNC(=O)Nc2ccc(C(C)(C)C)cc2)CC1. The summed E-state index contributed by atoms with van der Waals surface area (Å²) in [6.07, 6.45) is 1.69. The van der Waals surface area contributed by atoms with E-state index in [1.165, 1.54) is 5.56 Å². The fourth-order valence-corrected chi connectivity index (χ4v) is 3.75. The summed E-state index contributed by atoms with van der Waals surface area (Å²) in [7, 11) is 1.58. The second-order valence-corrected chi connectivity index (χ2v) is 9.22. The first kappa shape index (κ1) is 23.4. The molecule has 0 spiro atoms. The predicted octanol–water partition coefficient (Wildman–Crippen LogP) is 5.06. The highest BCUT2D eigenvalue weighted by atomic mass is 16.5. The van der Waals surface area contributed by atoms with E-state index < -0.39 is 0 Å². The van der Waals surface area contributed by atoms with E-state index in [2.05, 4.69) is 36.7 Å². The molecule has 1 fully saturated rings. The number of ether oxygens (including phenoxy) is 1. The number of rotatable bonds is 5. The molecule has 7 nitrogen and oxygen atoms in total. The van der Waals surface area contributed by atoms with Crippen molar-refractivity contribution in [3.8, 4) is 5.75 Å². The summed E-state index contributed by atoms with van der Waals surface area (Å²) in [6, 6.07) is 15.0. The number of likely N-dealkylation sites (tertiary alicyclic amines) is 1. The van der Waals surface area contributed by atoms with E-state index in [4.69, 9.17) is 4.74 Å². The molecule has 1 aliphatic rings. The quantitative estimate of drug-likeness (QED) is 0.610. The van der Waals surface area contributed by atoms with Gasteiger partial charge in [-0.2, -0.15) is 0 Å². The van der Waals surface area contributed by atoms with Crippen molar-refractivity contribution in [2.24, 2.45) is 5.92 Å². The highest BCUT2D eigenvalue weighted by Crippen LogP contribution is 2.25. The third-order valence-electron chi connectivity index (χ3n) is 5.81. The average Bonchev–Trinajstić information content (AvgIpc) is 2.78. The predicted molar refractivity (Wildman–Crippen MR) is 128 cm³/mol. The number of hydrogen-bond donors (Lipinski definition) is 3. The number of piperidine rings is 1. The van der Waals surface area contributed by atoms with Gasteiger partial charge in [0.25, 0.3) is 0 Å². The van der Waals surface area contributed by atoms with Crippen LogP contribution in [0.15, 0.2) is 48.5 Å². The van der Waals surface area contributed by atoms with Crippen LogP contribution in [0.4, 0.5) is 21.0 Å². The number of nitrogens with one attached hydrogen (secondary N) is 3. The second-order valence-electron chi connectivity index (χ2n) is 9.22. The van der Waals surface area contributed by atoms with Crippen LogP contribution in [0.1, 0.15) is 39.2 Å². The molecular formula is C25H34N4O3. The lowest BCUT2D eigenvalue weighted by atomic mass is 9.87. The summed E-state index contributed by atoms with van der Waals surface area (Å²) < 4.78 is 5.29. The Bertz CT molecular complexity index is 914. The number of methoxy groups -OCH3 is 1. The molecule has 2 aromatic carbocycles. The third-order valence-corrected chi connectivity index (χ3v) is 5.81. The van der Waals surface area contributed by atoms with Gasteiger partial charge in [-0.25, -0.2) is 9.59 Å². The Kier molecular flexibility index (Phi) is 7.62. The maximum atomic E-state index is 12.6. The molecule has 7 heteroatoms. The molecule has 3 rings (SSSR count). The van der Waals surface area contributed by atoms with Crippen LogP contribution < -0.4 is 20.7 Å². The number of hydrogen-bond acceptors (Lipinski definition) is 3. The molecule has 3 N–H and O–H groups in total. The molecule has 1 saturated heterocycles. The Balaban J connectivity index is 1.40. The van der Waals surface area contributed by atoms with Gasteiger partial charge < -0.3 is 25.6 Å². The fraction of sp³-hybridized carbons (Fsp3) is 0.440. The van der Waals surface area contributed by atoms with E-state index in [1.807, 2.05) is 48.5 Å². The van der Waals surface area contributed by atoms with Crippen molar-refractivity contribution in [2.75, 3.05) is 37.4 Å². The highest BCUT2D eigenvalue weighted by molar-refractivity contribution is 5.91.